The van der Waals surface area contributed by atoms with Crippen molar-refractivity contribution < 1.29 is 4.74 Å². The first-order valence-corrected chi connectivity index (χ1v) is 7.16. The first kappa shape index (κ1) is 14.4. The highest BCUT2D eigenvalue weighted by Crippen LogP contribution is 2.26. The van der Waals surface area contributed by atoms with Gasteiger partial charge in [-0.2, -0.15) is 0 Å². The van der Waals surface area contributed by atoms with Gasteiger partial charge in [-0.05, 0) is 30.5 Å². The molecule has 2 atom stereocenters. The molecule has 1 aliphatic carbocycles. The van der Waals surface area contributed by atoms with Crippen LogP contribution in [-0.2, 0) is 5.41 Å². The Labute approximate surface area is 116 Å². The Hall–Kier alpha value is -1.06. The van der Waals surface area contributed by atoms with E-state index in [1.54, 1.807) is 7.11 Å². The fourth-order valence-corrected chi connectivity index (χ4v) is 2.77. The van der Waals surface area contributed by atoms with Crippen molar-refractivity contribution in [3.63, 3.8) is 0 Å². The second-order valence-corrected chi connectivity index (χ2v) is 6.19. The minimum absolute atomic E-state index is 0.106. The molecule has 0 spiro atoms. The first-order valence-electron chi connectivity index (χ1n) is 7.16. The van der Waals surface area contributed by atoms with E-state index >= 15 is 0 Å². The molecule has 1 aromatic carbocycles. The van der Waals surface area contributed by atoms with Crippen LogP contribution in [0.4, 0.5) is 0 Å². The lowest BCUT2D eigenvalue weighted by Gasteiger charge is -2.29. The van der Waals surface area contributed by atoms with Crippen molar-refractivity contribution in [1.29, 1.82) is 0 Å². The van der Waals surface area contributed by atoms with E-state index < -0.39 is 0 Å². The number of ether oxygens (including phenoxy) is 1. The van der Waals surface area contributed by atoms with Gasteiger partial charge in [-0.1, -0.05) is 32.4 Å². The molecule has 2 rings (SSSR count). The fraction of sp³-hybridized carbons (Fsp3) is 0.625. The molecule has 0 aliphatic heterocycles. The standard InChI is InChI=1S/C16H26N2O/c1-16(2,11-18-15-6-4-5-14(15)17)12-7-9-13(19-3)10-8-12/h7-10,14-15,18H,4-6,11,17H2,1-3H3. The zero-order valence-corrected chi connectivity index (χ0v) is 12.3. The van der Waals surface area contributed by atoms with Gasteiger partial charge in [-0.15, -0.1) is 0 Å². The van der Waals surface area contributed by atoms with E-state index in [0.717, 1.165) is 18.7 Å². The summed E-state index contributed by atoms with van der Waals surface area (Å²) in [5.74, 6) is 0.908. The molecule has 0 saturated heterocycles. The quantitative estimate of drug-likeness (QED) is 0.857. The molecule has 106 valence electrons. The van der Waals surface area contributed by atoms with E-state index in [0.29, 0.717) is 12.1 Å². The molecular formula is C16H26N2O. The average molecular weight is 262 g/mol. The predicted octanol–water partition coefficient (Wildman–Crippen LogP) is 2.44. The van der Waals surface area contributed by atoms with Gasteiger partial charge >= 0.3 is 0 Å². The highest BCUT2D eigenvalue weighted by molar-refractivity contribution is 5.31. The lowest BCUT2D eigenvalue weighted by Crippen LogP contribution is -2.45. The SMILES string of the molecule is COc1ccc(C(C)(C)CNC2CCCC2N)cc1. The van der Waals surface area contributed by atoms with Crippen LogP contribution in [0.1, 0.15) is 38.7 Å². The lowest BCUT2D eigenvalue weighted by atomic mass is 9.84. The van der Waals surface area contributed by atoms with Crippen LogP contribution in [0.5, 0.6) is 5.75 Å². The van der Waals surface area contributed by atoms with Crippen molar-refractivity contribution in [3.05, 3.63) is 29.8 Å². The molecule has 1 aliphatic rings. The van der Waals surface area contributed by atoms with Gasteiger partial charge in [-0.3, -0.25) is 0 Å². The summed E-state index contributed by atoms with van der Waals surface area (Å²) in [5.41, 5.74) is 7.54. The molecule has 3 nitrogen and oxygen atoms in total. The lowest BCUT2D eigenvalue weighted by molar-refractivity contribution is 0.397. The molecule has 1 saturated carbocycles. The van der Waals surface area contributed by atoms with Gasteiger partial charge in [0.1, 0.15) is 5.75 Å². The third kappa shape index (κ3) is 3.48. The maximum Gasteiger partial charge on any atom is 0.118 e. The van der Waals surface area contributed by atoms with Gasteiger partial charge in [0.15, 0.2) is 0 Å². The van der Waals surface area contributed by atoms with E-state index in [-0.39, 0.29) is 5.41 Å². The molecule has 0 amide bonds. The third-order valence-corrected chi connectivity index (χ3v) is 4.25. The summed E-state index contributed by atoms with van der Waals surface area (Å²) in [6.45, 7) is 5.49. The summed E-state index contributed by atoms with van der Waals surface area (Å²) >= 11 is 0. The fourth-order valence-electron chi connectivity index (χ4n) is 2.77. The minimum Gasteiger partial charge on any atom is -0.497 e. The highest BCUT2D eigenvalue weighted by atomic mass is 16.5. The molecule has 1 fully saturated rings. The summed E-state index contributed by atoms with van der Waals surface area (Å²) < 4.78 is 5.21. The van der Waals surface area contributed by atoms with Crippen molar-refractivity contribution >= 4 is 0 Å². The Bertz CT molecular complexity index is 400. The van der Waals surface area contributed by atoms with Gasteiger partial charge in [0.05, 0.1) is 7.11 Å². The van der Waals surface area contributed by atoms with Gasteiger partial charge in [0.2, 0.25) is 0 Å². The van der Waals surface area contributed by atoms with Crippen molar-refractivity contribution in [2.24, 2.45) is 5.73 Å². The third-order valence-electron chi connectivity index (χ3n) is 4.25. The molecule has 3 heteroatoms. The van der Waals surface area contributed by atoms with Gasteiger partial charge in [0.25, 0.3) is 0 Å². The number of hydrogen-bond donors (Lipinski definition) is 2. The number of nitrogens with one attached hydrogen (secondary N) is 1. The number of nitrogens with two attached hydrogens (primary N) is 1. The van der Waals surface area contributed by atoms with Crippen LogP contribution in [0.25, 0.3) is 0 Å². The first-order chi connectivity index (χ1) is 9.03. The van der Waals surface area contributed by atoms with E-state index in [2.05, 4.69) is 31.3 Å². The summed E-state index contributed by atoms with van der Waals surface area (Å²) in [5, 5.41) is 3.64. The second kappa shape index (κ2) is 5.93. The number of hydrogen-bond acceptors (Lipinski definition) is 3. The molecule has 19 heavy (non-hydrogen) atoms. The number of benzene rings is 1. The van der Waals surface area contributed by atoms with Crippen LogP contribution in [0.2, 0.25) is 0 Å². The topological polar surface area (TPSA) is 47.3 Å². The van der Waals surface area contributed by atoms with Crippen molar-refractivity contribution in [3.8, 4) is 5.75 Å². The Morgan fingerprint density at radius 1 is 1.26 bits per heavy atom. The van der Waals surface area contributed by atoms with E-state index in [9.17, 15) is 0 Å². The molecular weight excluding hydrogens is 236 g/mol. The van der Waals surface area contributed by atoms with Crippen LogP contribution in [0, 0.1) is 0 Å². The molecule has 0 heterocycles. The van der Waals surface area contributed by atoms with E-state index in [1.807, 2.05) is 12.1 Å². The van der Waals surface area contributed by atoms with E-state index in [1.165, 1.54) is 18.4 Å². The van der Waals surface area contributed by atoms with Crippen LogP contribution in [0.15, 0.2) is 24.3 Å². The Morgan fingerprint density at radius 3 is 2.47 bits per heavy atom. The maximum atomic E-state index is 6.11. The van der Waals surface area contributed by atoms with Gasteiger partial charge in [0, 0.05) is 24.0 Å². The number of methoxy groups -OCH3 is 1. The van der Waals surface area contributed by atoms with Crippen LogP contribution in [-0.4, -0.2) is 25.7 Å². The molecule has 2 unspecified atom stereocenters. The molecule has 0 bridgehead atoms. The van der Waals surface area contributed by atoms with Crippen LogP contribution >= 0.6 is 0 Å². The van der Waals surface area contributed by atoms with Crippen molar-refractivity contribution in [1.82, 2.24) is 5.32 Å². The zero-order valence-electron chi connectivity index (χ0n) is 12.3. The second-order valence-electron chi connectivity index (χ2n) is 6.19. The largest absolute Gasteiger partial charge is 0.497 e. The summed E-state index contributed by atoms with van der Waals surface area (Å²) in [4.78, 5) is 0. The number of rotatable bonds is 5. The zero-order chi connectivity index (χ0) is 13.9. The molecule has 1 aromatic rings. The summed E-state index contributed by atoms with van der Waals surface area (Å²) in [6, 6.07) is 9.16. The summed E-state index contributed by atoms with van der Waals surface area (Å²) in [6.07, 6.45) is 3.61. The van der Waals surface area contributed by atoms with Gasteiger partial charge < -0.3 is 15.8 Å². The van der Waals surface area contributed by atoms with Crippen molar-refractivity contribution in [2.45, 2.75) is 50.6 Å². The molecule has 0 radical (unpaired) electrons. The van der Waals surface area contributed by atoms with Gasteiger partial charge in [-0.25, -0.2) is 0 Å². The van der Waals surface area contributed by atoms with Crippen LogP contribution in [0.3, 0.4) is 0 Å². The van der Waals surface area contributed by atoms with Crippen molar-refractivity contribution in [2.75, 3.05) is 13.7 Å². The maximum absolute atomic E-state index is 6.11. The Morgan fingerprint density at radius 2 is 1.95 bits per heavy atom. The minimum atomic E-state index is 0.106. The van der Waals surface area contributed by atoms with Crippen LogP contribution < -0.4 is 15.8 Å². The predicted molar refractivity (Wildman–Crippen MR) is 79.6 cm³/mol. The summed E-state index contributed by atoms with van der Waals surface area (Å²) in [7, 11) is 1.70. The average Bonchev–Trinajstić information content (AvgIpc) is 2.82. The van der Waals surface area contributed by atoms with E-state index in [4.69, 9.17) is 10.5 Å². The highest BCUT2D eigenvalue weighted by Gasteiger charge is 2.27. The Balaban J connectivity index is 1.96. The Kier molecular flexibility index (Phi) is 4.48. The monoisotopic (exact) mass is 262 g/mol. The smallest absolute Gasteiger partial charge is 0.118 e. The normalized spacial score (nSPS) is 23.6. The molecule has 0 aromatic heterocycles. The molecule has 3 N–H and O–H groups in total.